The predicted octanol–water partition coefficient (Wildman–Crippen LogP) is -1.35. The molecule has 5 heterocycles. The molecule has 9 atom stereocenters. The number of aliphatic hydroxyl groups is 2. The molecule has 1 saturated heterocycles. The van der Waals surface area contributed by atoms with Gasteiger partial charge in [-0.25, -0.2) is 28.7 Å². The largest absolute Gasteiger partial charge is 0.382 e. The number of nitrogen functional groups attached to an aromatic ring is 2. The molecule has 21 heteroatoms. The lowest BCUT2D eigenvalue weighted by Gasteiger charge is -2.28. The molecule has 1 fully saturated rings. The number of aliphatic hydroxyl groups excluding tert-OH is 2. The van der Waals surface area contributed by atoms with Crippen LogP contribution in [-0.4, -0.2) is 100 Å². The first kappa shape index (κ1) is 29.0. The summed E-state index contributed by atoms with van der Waals surface area (Å²) in [5.74, 6) is -0.175. The fourth-order valence-corrected chi connectivity index (χ4v) is 4.50. The normalized spacial score (nSPS) is 24.1. The van der Waals surface area contributed by atoms with Gasteiger partial charge in [-0.3, -0.25) is 18.9 Å². The third-order valence-electron chi connectivity index (χ3n) is 6.29. The number of hydrogen-bond donors (Lipinski definition) is 5. The quantitative estimate of drug-likeness (QED) is 0.0983. The van der Waals surface area contributed by atoms with Gasteiger partial charge in [0, 0.05) is 16.6 Å². The highest BCUT2D eigenvalue weighted by atomic mass is 31.0. The van der Waals surface area contributed by atoms with E-state index in [9.17, 15) is 19.4 Å². The average molecular weight is 602 g/mol. The van der Waals surface area contributed by atoms with Crippen LogP contribution in [0.5, 0.6) is 0 Å². The van der Waals surface area contributed by atoms with Crippen molar-refractivity contribution in [3.63, 3.8) is 0 Å². The third-order valence-corrected chi connectivity index (χ3v) is 6.55. The fourth-order valence-electron chi connectivity index (χ4n) is 4.35. The van der Waals surface area contributed by atoms with Crippen molar-refractivity contribution in [2.75, 3.05) is 25.2 Å². The maximum atomic E-state index is 15.3. The highest BCUT2D eigenvalue weighted by Gasteiger charge is 2.47. The summed E-state index contributed by atoms with van der Waals surface area (Å²) in [6.45, 7) is -2.80. The number of H-pyrrole nitrogens is 1. The monoisotopic (exact) mass is 602 g/mol. The van der Waals surface area contributed by atoms with Gasteiger partial charge in [0.25, 0.3) is 12.0 Å². The van der Waals surface area contributed by atoms with E-state index in [1.165, 1.54) is 24.3 Å². The van der Waals surface area contributed by atoms with E-state index in [4.69, 9.17) is 30.4 Å². The minimum absolute atomic E-state index is 0.116. The lowest BCUT2D eigenvalue weighted by atomic mass is 10.1. The van der Waals surface area contributed by atoms with Crippen LogP contribution in [0.1, 0.15) is 12.5 Å². The van der Waals surface area contributed by atoms with Crippen molar-refractivity contribution >= 4 is 43.6 Å². The third kappa shape index (κ3) is 5.43. The Hall–Kier alpha value is -3.49. The number of aromatic amines is 1. The molecule has 18 nitrogen and oxygen atoms in total. The second-order valence-electron chi connectivity index (χ2n) is 8.71. The van der Waals surface area contributed by atoms with Gasteiger partial charge >= 0.3 is 0 Å². The molecule has 222 valence electrons. The summed E-state index contributed by atoms with van der Waals surface area (Å²) < 4.78 is 58.1. The summed E-state index contributed by atoms with van der Waals surface area (Å²) >= 11 is 0. The van der Waals surface area contributed by atoms with Crippen molar-refractivity contribution in [1.82, 2.24) is 39.0 Å². The van der Waals surface area contributed by atoms with Crippen LogP contribution >= 0.6 is 9.47 Å². The second-order valence-corrected chi connectivity index (χ2v) is 8.98. The minimum atomic E-state index is -2.35. The van der Waals surface area contributed by atoms with Crippen molar-refractivity contribution in [3.8, 4) is 0 Å². The number of halogens is 2. The highest BCUT2D eigenvalue weighted by molar-refractivity contribution is 7.09. The first-order valence-corrected chi connectivity index (χ1v) is 12.2. The van der Waals surface area contributed by atoms with Crippen LogP contribution in [0.15, 0.2) is 23.8 Å². The number of nitrogens with two attached hydrogens (primary N) is 2. The summed E-state index contributed by atoms with van der Waals surface area (Å²) in [5.41, 5.74) is 10.8. The second kappa shape index (κ2) is 11.8. The van der Waals surface area contributed by atoms with Crippen LogP contribution in [-0.2, 0) is 23.5 Å². The first-order valence-electron chi connectivity index (χ1n) is 11.7. The number of nitrogens with one attached hydrogen (secondary N) is 1. The molecule has 1 aliphatic heterocycles. The van der Waals surface area contributed by atoms with E-state index in [0.717, 1.165) is 10.9 Å². The van der Waals surface area contributed by atoms with E-state index in [1.54, 1.807) is 9.47 Å². The van der Waals surface area contributed by atoms with E-state index in [-0.39, 0.29) is 34.1 Å². The molecule has 0 bridgehead atoms. The molecule has 9 unspecified atom stereocenters. The summed E-state index contributed by atoms with van der Waals surface area (Å²) in [7, 11) is 2.92. The summed E-state index contributed by atoms with van der Waals surface area (Å²) in [5, 5.41) is 21.2. The minimum Gasteiger partial charge on any atom is -0.382 e. The number of fused-ring (bicyclic) bond motifs is 2. The Bertz CT molecular complexity index is 1570. The van der Waals surface area contributed by atoms with Crippen molar-refractivity contribution in [1.29, 1.82) is 0 Å². The molecule has 5 rings (SSSR count). The van der Waals surface area contributed by atoms with Gasteiger partial charge in [-0.05, 0) is 0 Å². The van der Waals surface area contributed by atoms with E-state index in [0.29, 0.717) is 0 Å². The Kier molecular flexibility index (Phi) is 8.34. The first-order chi connectivity index (χ1) is 19.6. The number of alkyl halides is 2. The zero-order valence-electron chi connectivity index (χ0n) is 21.0. The summed E-state index contributed by atoms with van der Waals surface area (Å²) in [6, 6.07) is 0. The molecule has 0 spiro atoms. The van der Waals surface area contributed by atoms with Crippen molar-refractivity contribution in [2.24, 2.45) is 0 Å². The van der Waals surface area contributed by atoms with Crippen LogP contribution in [0.3, 0.4) is 0 Å². The number of hydrogen-bond acceptors (Lipinski definition) is 15. The number of rotatable bonds is 11. The molecule has 41 heavy (non-hydrogen) atoms. The van der Waals surface area contributed by atoms with Crippen LogP contribution in [0.25, 0.3) is 22.3 Å². The van der Waals surface area contributed by atoms with E-state index >= 15 is 4.39 Å². The highest BCUT2D eigenvalue weighted by Crippen LogP contribution is 2.35. The van der Waals surface area contributed by atoms with Crippen LogP contribution in [0, 0.1) is 0 Å². The van der Waals surface area contributed by atoms with Crippen LogP contribution in [0.4, 0.5) is 20.5 Å². The Morgan fingerprint density at radius 2 is 1.95 bits per heavy atom. The van der Waals surface area contributed by atoms with Crippen molar-refractivity contribution < 1.29 is 42.5 Å². The Morgan fingerprint density at radius 3 is 2.68 bits per heavy atom. The predicted molar refractivity (Wildman–Crippen MR) is 136 cm³/mol. The molecular weight excluding hydrogens is 577 g/mol. The maximum Gasteiger partial charge on any atom is 0.280 e. The lowest BCUT2D eigenvalue weighted by Crippen LogP contribution is -2.40. The topological polar surface area (TPSA) is 246 Å². The standard InChI is InChI=1S/C20H25F2N10O8P/c1-36-10-7(21)6(38-18(10)32-5-27-8-13(23)25-3-26-14(8)32)2-37-20(35)39-11(12(22)40-41)17(34)31-4-28-9-15(31)29-19(24)30-16(9)33/h3-7,10-12,17-18,20,34-35H,2,41H2,1H3,(H2,23,25,26)(H3,24,29,30,33). The molecule has 1 aliphatic rings. The molecule has 0 aromatic carbocycles. The maximum absolute atomic E-state index is 15.3. The van der Waals surface area contributed by atoms with Gasteiger partial charge in [0.2, 0.25) is 12.3 Å². The van der Waals surface area contributed by atoms with Gasteiger partial charge in [-0.2, -0.15) is 4.98 Å². The number of methoxy groups -OCH3 is 1. The molecule has 4 aromatic heterocycles. The molecule has 4 aromatic rings. The molecule has 7 N–H and O–H groups in total. The molecule has 0 aliphatic carbocycles. The molecule has 0 radical (unpaired) electrons. The molecular formula is C20H25F2N10O8P. The van der Waals surface area contributed by atoms with E-state index < -0.39 is 61.9 Å². The van der Waals surface area contributed by atoms with Gasteiger partial charge in [0.05, 0.1) is 19.3 Å². The van der Waals surface area contributed by atoms with Gasteiger partial charge in [0.15, 0.2) is 47.4 Å². The van der Waals surface area contributed by atoms with Gasteiger partial charge in [-0.15, -0.1) is 0 Å². The smallest absolute Gasteiger partial charge is 0.280 e. The zero-order chi connectivity index (χ0) is 29.4. The van der Waals surface area contributed by atoms with Gasteiger partial charge in [-0.1, -0.05) is 0 Å². The zero-order valence-corrected chi connectivity index (χ0v) is 22.2. The van der Waals surface area contributed by atoms with Crippen molar-refractivity contribution in [3.05, 3.63) is 29.3 Å². The van der Waals surface area contributed by atoms with Crippen molar-refractivity contribution in [2.45, 2.75) is 49.8 Å². The number of aromatic nitrogens is 8. The Labute approximate surface area is 229 Å². The summed E-state index contributed by atoms with van der Waals surface area (Å²) in [6.07, 6.45) is -7.97. The SMILES string of the molecule is COC1C(F)C(COC(O)OC(C(F)OP)C(O)n2cnc3c(=O)[nH]c(N)nc32)OC1n1cnc2c(N)ncnc21. The Morgan fingerprint density at radius 1 is 1.20 bits per heavy atom. The number of ether oxygens (including phenoxy) is 4. The van der Waals surface area contributed by atoms with E-state index in [1.807, 2.05) is 0 Å². The average Bonchev–Trinajstić information content (AvgIpc) is 3.65. The lowest BCUT2D eigenvalue weighted by molar-refractivity contribution is -0.322. The molecule has 0 amide bonds. The Balaban J connectivity index is 1.28. The summed E-state index contributed by atoms with van der Waals surface area (Å²) in [4.78, 5) is 34.1. The van der Waals surface area contributed by atoms with Gasteiger partial charge < -0.3 is 45.2 Å². The van der Waals surface area contributed by atoms with Crippen LogP contribution < -0.4 is 17.0 Å². The number of imidazole rings is 2. The number of anilines is 2. The fraction of sp³-hybridized carbons (Fsp3) is 0.500. The van der Waals surface area contributed by atoms with E-state index in [2.05, 4.69) is 34.4 Å². The molecule has 0 saturated carbocycles. The van der Waals surface area contributed by atoms with Crippen LogP contribution in [0.2, 0.25) is 0 Å². The van der Waals surface area contributed by atoms with Gasteiger partial charge in [0.1, 0.15) is 24.1 Å². The number of nitrogens with zero attached hydrogens (tertiary/aromatic N) is 7.